The van der Waals surface area contributed by atoms with Crippen molar-refractivity contribution in [2.75, 3.05) is 0 Å². The van der Waals surface area contributed by atoms with Crippen LogP contribution in [0.1, 0.15) is 30.2 Å². The molecule has 5 heteroatoms. The predicted octanol–water partition coefficient (Wildman–Crippen LogP) is 4.49. The quantitative estimate of drug-likeness (QED) is 0.843. The standard InChI is InChI=1S/C9H11Br2NS.ClH/c10-6-4-8(13-9(6)11)7(12)3-5-1-2-5;/h4-5,7H,1-3,12H2;1H/t7-;/m0./s1. The molecule has 0 amide bonds. The smallest absolute Gasteiger partial charge is 0.0843 e. The van der Waals surface area contributed by atoms with Gasteiger partial charge in [-0.25, -0.2) is 0 Å². The van der Waals surface area contributed by atoms with Crippen LogP contribution in [-0.2, 0) is 0 Å². The molecule has 1 fully saturated rings. The van der Waals surface area contributed by atoms with Gasteiger partial charge in [-0.2, -0.15) is 0 Å². The lowest BCUT2D eigenvalue weighted by molar-refractivity contribution is 0.605. The van der Waals surface area contributed by atoms with Crippen LogP contribution in [0.4, 0.5) is 0 Å². The zero-order valence-corrected chi connectivity index (χ0v) is 12.3. The molecule has 1 saturated carbocycles. The third-order valence-electron chi connectivity index (χ3n) is 2.31. The Bertz CT molecular complexity index is 292. The first-order valence-electron chi connectivity index (χ1n) is 4.37. The van der Waals surface area contributed by atoms with Crippen molar-refractivity contribution in [3.63, 3.8) is 0 Å². The molecule has 0 saturated heterocycles. The van der Waals surface area contributed by atoms with Crippen LogP contribution in [0.25, 0.3) is 0 Å². The third kappa shape index (κ3) is 3.20. The third-order valence-corrected chi connectivity index (χ3v) is 5.70. The van der Waals surface area contributed by atoms with Crippen LogP contribution in [0.3, 0.4) is 0 Å². The average molecular weight is 362 g/mol. The Kier molecular flexibility index (Phi) is 4.91. The molecule has 0 unspecified atom stereocenters. The van der Waals surface area contributed by atoms with Crippen molar-refractivity contribution in [1.82, 2.24) is 0 Å². The molecule has 0 aliphatic heterocycles. The van der Waals surface area contributed by atoms with Gasteiger partial charge in [0.25, 0.3) is 0 Å². The van der Waals surface area contributed by atoms with Crippen molar-refractivity contribution < 1.29 is 0 Å². The zero-order chi connectivity index (χ0) is 9.42. The van der Waals surface area contributed by atoms with Gasteiger partial charge in [0.1, 0.15) is 0 Å². The van der Waals surface area contributed by atoms with Crippen molar-refractivity contribution >= 4 is 55.6 Å². The molecule has 0 aromatic carbocycles. The van der Waals surface area contributed by atoms with Gasteiger partial charge < -0.3 is 5.73 Å². The predicted molar refractivity (Wildman–Crippen MR) is 71.2 cm³/mol. The van der Waals surface area contributed by atoms with E-state index in [4.69, 9.17) is 5.73 Å². The number of thiophene rings is 1. The van der Waals surface area contributed by atoms with E-state index in [2.05, 4.69) is 37.9 Å². The first-order valence-corrected chi connectivity index (χ1v) is 6.77. The van der Waals surface area contributed by atoms with Crippen molar-refractivity contribution in [2.24, 2.45) is 11.7 Å². The van der Waals surface area contributed by atoms with Crippen molar-refractivity contribution in [3.05, 3.63) is 19.2 Å². The van der Waals surface area contributed by atoms with Gasteiger partial charge in [-0.3, -0.25) is 0 Å². The largest absolute Gasteiger partial charge is 0.323 e. The van der Waals surface area contributed by atoms with E-state index in [1.54, 1.807) is 11.3 Å². The van der Waals surface area contributed by atoms with Crippen LogP contribution in [0.15, 0.2) is 14.3 Å². The molecule has 1 atom stereocenters. The Hall–Kier alpha value is 0.910. The topological polar surface area (TPSA) is 26.0 Å². The molecule has 80 valence electrons. The molecule has 14 heavy (non-hydrogen) atoms. The van der Waals surface area contributed by atoms with Gasteiger partial charge >= 0.3 is 0 Å². The maximum atomic E-state index is 6.09. The SMILES string of the molecule is Cl.N[C@@H](CC1CC1)c1cc(Br)c(Br)s1. The molecule has 2 rings (SSSR count). The summed E-state index contributed by atoms with van der Waals surface area (Å²) in [5.74, 6) is 0.898. The van der Waals surface area contributed by atoms with E-state index < -0.39 is 0 Å². The molecule has 0 spiro atoms. The van der Waals surface area contributed by atoms with Crippen molar-refractivity contribution in [1.29, 1.82) is 0 Å². The molecule has 1 nitrogen and oxygen atoms in total. The fraction of sp³-hybridized carbons (Fsp3) is 0.556. The van der Waals surface area contributed by atoms with E-state index in [-0.39, 0.29) is 18.4 Å². The van der Waals surface area contributed by atoms with Crippen LogP contribution in [-0.4, -0.2) is 0 Å². The summed E-state index contributed by atoms with van der Waals surface area (Å²) in [5.41, 5.74) is 6.09. The van der Waals surface area contributed by atoms with Gasteiger partial charge in [0.05, 0.1) is 3.79 Å². The van der Waals surface area contributed by atoms with Crippen molar-refractivity contribution in [3.8, 4) is 0 Å². The average Bonchev–Trinajstić information content (AvgIpc) is 2.81. The van der Waals surface area contributed by atoms with Crippen LogP contribution < -0.4 is 5.73 Å². The molecular weight excluding hydrogens is 349 g/mol. The Morgan fingerprint density at radius 2 is 2.14 bits per heavy atom. The van der Waals surface area contributed by atoms with Crippen LogP contribution in [0.5, 0.6) is 0 Å². The van der Waals surface area contributed by atoms with E-state index in [0.29, 0.717) is 0 Å². The summed E-state index contributed by atoms with van der Waals surface area (Å²) in [7, 11) is 0. The second kappa shape index (κ2) is 5.30. The first kappa shape index (κ1) is 13.0. The highest BCUT2D eigenvalue weighted by Crippen LogP contribution is 2.41. The molecule has 0 radical (unpaired) electrons. The fourth-order valence-electron chi connectivity index (χ4n) is 1.37. The maximum Gasteiger partial charge on any atom is 0.0843 e. The molecular formula is C9H12Br2ClNS. The lowest BCUT2D eigenvalue weighted by atomic mass is 10.1. The summed E-state index contributed by atoms with van der Waals surface area (Å²) in [5, 5.41) is 0. The number of rotatable bonds is 3. The molecule has 1 aromatic rings. The Labute approximate surface area is 111 Å². The second-order valence-electron chi connectivity index (χ2n) is 3.56. The van der Waals surface area contributed by atoms with Gasteiger partial charge in [0.2, 0.25) is 0 Å². The summed E-state index contributed by atoms with van der Waals surface area (Å²) in [6.45, 7) is 0. The number of hydrogen-bond donors (Lipinski definition) is 1. The van der Waals surface area contributed by atoms with E-state index in [0.717, 1.165) is 20.6 Å². The van der Waals surface area contributed by atoms with Crippen LogP contribution in [0.2, 0.25) is 0 Å². The minimum Gasteiger partial charge on any atom is -0.323 e. The number of nitrogens with two attached hydrogens (primary N) is 1. The monoisotopic (exact) mass is 359 g/mol. The van der Waals surface area contributed by atoms with Crippen LogP contribution >= 0.6 is 55.6 Å². The summed E-state index contributed by atoms with van der Waals surface area (Å²) in [4.78, 5) is 1.28. The second-order valence-corrected chi connectivity index (χ2v) is 6.81. The van der Waals surface area contributed by atoms with E-state index in [9.17, 15) is 0 Å². The molecule has 1 aliphatic carbocycles. The highest BCUT2D eigenvalue weighted by molar-refractivity contribution is 9.13. The highest BCUT2D eigenvalue weighted by Gasteiger charge is 2.25. The van der Waals surface area contributed by atoms with E-state index in [1.807, 2.05) is 0 Å². The Balaban J connectivity index is 0.000000980. The van der Waals surface area contributed by atoms with Gasteiger partial charge in [0, 0.05) is 15.4 Å². The lowest BCUT2D eigenvalue weighted by Crippen LogP contribution is -2.08. The minimum atomic E-state index is 0. The molecule has 2 N–H and O–H groups in total. The maximum absolute atomic E-state index is 6.09. The minimum absolute atomic E-state index is 0. The summed E-state index contributed by atoms with van der Waals surface area (Å²) >= 11 is 8.69. The van der Waals surface area contributed by atoms with Crippen molar-refractivity contribution in [2.45, 2.75) is 25.3 Å². The molecule has 1 aromatic heterocycles. The first-order chi connectivity index (χ1) is 6.16. The molecule has 1 aliphatic rings. The van der Waals surface area contributed by atoms with Gasteiger partial charge in [0.15, 0.2) is 0 Å². The fourth-order valence-corrected chi connectivity index (χ4v) is 3.48. The Morgan fingerprint density at radius 3 is 2.57 bits per heavy atom. The Morgan fingerprint density at radius 1 is 1.50 bits per heavy atom. The summed E-state index contributed by atoms with van der Waals surface area (Å²) < 4.78 is 2.27. The van der Waals surface area contributed by atoms with Gasteiger partial charge in [-0.1, -0.05) is 12.8 Å². The molecule has 0 bridgehead atoms. The van der Waals surface area contributed by atoms with Gasteiger partial charge in [-0.05, 0) is 50.3 Å². The van der Waals surface area contributed by atoms with E-state index in [1.165, 1.54) is 17.7 Å². The normalized spacial score (nSPS) is 17.6. The van der Waals surface area contributed by atoms with E-state index >= 15 is 0 Å². The molecule has 1 heterocycles. The number of halogens is 3. The van der Waals surface area contributed by atoms with Gasteiger partial charge in [-0.15, -0.1) is 23.7 Å². The summed E-state index contributed by atoms with van der Waals surface area (Å²) in [6.07, 6.45) is 3.90. The number of hydrogen-bond acceptors (Lipinski definition) is 2. The highest BCUT2D eigenvalue weighted by atomic mass is 79.9. The van der Waals surface area contributed by atoms with Crippen LogP contribution in [0, 0.1) is 5.92 Å². The zero-order valence-electron chi connectivity index (χ0n) is 7.50. The lowest BCUT2D eigenvalue weighted by Gasteiger charge is -2.06. The summed E-state index contributed by atoms with van der Waals surface area (Å²) in [6, 6.07) is 2.36.